The number of hydrogen-bond donors (Lipinski definition) is 2. The van der Waals surface area contributed by atoms with Gasteiger partial charge < -0.3 is 24.9 Å². The van der Waals surface area contributed by atoms with Crippen molar-refractivity contribution in [1.29, 1.82) is 0 Å². The summed E-state index contributed by atoms with van der Waals surface area (Å²) in [6.07, 6.45) is 11.8. The minimum absolute atomic E-state index is 0.00633. The van der Waals surface area contributed by atoms with Crippen molar-refractivity contribution < 1.29 is 32.8 Å². The highest BCUT2D eigenvalue weighted by molar-refractivity contribution is 5.98. The molecule has 376 valence electrons. The Hall–Kier alpha value is -6.03. The van der Waals surface area contributed by atoms with Crippen molar-refractivity contribution in [2.45, 2.75) is 102 Å². The molecule has 1 spiro atoms. The van der Waals surface area contributed by atoms with Gasteiger partial charge >= 0.3 is 0 Å². The second kappa shape index (κ2) is 21.0. The van der Waals surface area contributed by atoms with E-state index < -0.39 is 29.5 Å². The van der Waals surface area contributed by atoms with E-state index in [1.807, 2.05) is 21.9 Å². The third-order valence-corrected chi connectivity index (χ3v) is 16.9. The van der Waals surface area contributed by atoms with Crippen LogP contribution in [0, 0.1) is 28.9 Å². The minimum Gasteiger partial charge on any atom is -0.342 e. The van der Waals surface area contributed by atoms with Crippen molar-refractivity contribution in [3.05, 3.63) is 111 Å². The van der Waals surface area contributed by atoms with Crippen LogP contribution in [-0.4, -0.2) is 142 Å². The van der Waals surface area contributed by atoms with Crippen molar-refractivity contribution in [3.63, 3.8) is 0 Å². The second-order valence-electron chi connectivity index (χ2n) is 21.2. The van der Waals surface area contributed by atoms with Gasteiger partial charge in [-0.05, 0) is 130 Å². The van der Waals surface area contributed by atoms with E-state index in [-0.39, 0.29) is 64.1 Å². The number of fused-ring (bicyclic) bond motifs is 1. The fourth-order valence-corrected chi connectivity index (χ4v) is 12.2. The molecule has 16 heteroatoms. The standard InChI is InChI=1S/C55H66F2N8O6/c56-45-16-13-36(34-46-41-9-4-5-10-42(41)51(68)60-59-46)33-44(45)53(70)65-31-29-62(30-32-65)47(66)35-61-25-19-55(20-26-61)21-27-64(28-22-55)54(71)49(38-7-2-1-3-8-38)58-50(67)43-12-6-11-40(48(43)57)37-17-23-63(24-18-37)52(69)39-14-15-39/h4-6,9-13,16,33,37-39,49H,1-3,7-8,14-15,17-32,34-35H2,(H,58,67)(H,60,68)/t49-/m1/s1. The molecule has 5 amide bonds. The van der Waals surface area contributed by atoms with E-state index in [0.29, 0.717) is 99.2 Å². The summed E-state index contributed by atoms with van der Waals surface area (Å²) in [4.78, 5) is 90.0. The number of nitrogens with one attached hydrogen (secondary N) is 2. The number of H-pyrrole nitrogens is 1. The maximum absolute atomic E-state index is 16.3. The van der Waals surface area contributed by atoms with Crippen LogP contribution in [0.25, 0.3) is 10.8 Å². The molecular weight excluding hydrogens is 907 g/mol. The number of benzene rings is 3. The lowest BCUT2D eigenvalue weighted by Crippen LogP contribution is -2.56. The molecule has 0 bridgehead atoms. The quantitative estimate of drug-likeness (QED) is 0.178. The smallest absolute Gasteiger partial charge is 0.272 e. The zero-order valence-corrected chi connectivity index (χ0v) is 40.6. The van der Waals surface area contributed by atoms with Crippen molar-refractivity contribution in [2.75, 3.05) is 72.0 Å². The topological polar surface area (TPSA) is 159 Å². The summed E-state index contributed by atoms with van der Waals surface area (Å²) in [7, 11) is 0. The number of halogens is 2. The number of piperazine rings is 1. The normalized spacial score (nSPS) is 20.8. The highest BCUT2D eigenvalue weighted by Crippen LogP contribution is 2.42. The predicted molar refractivity (Wildman–Crippen MR) is 263 cm³/mol. The number of aromatic amines is 1. The average molecular weight is 973 g/mol. The summed E-state index contributed by atoms with van der Waals surface area (Å²) in [6.45, 7) is 5.47. The number of hydrogen-bond acceptors (Lipinski definition) is 8. The largest absolute Gasteiger partial charge is 0.342 e. The van der Waals surface area contributed by atoms with E-state index in [0.717, 1.165) is 83.7 Å². The number of nitrogens with zero attached hydrogens (tertiary/aromatic N) is 6. The number of rotatable bonds is 11. The first-order valence-corrected chi connectivity index (χ1v) is 26.1. The molecule has 2 aliphatic carbocycles. The summed E-state index contributed by atoms with van der Waals surface area (Å²) in [5, 5.41) is 11.0. The molecule has 10 rings (SSSR count). The van der Waals surface area contributed by atoms with Crippen LogP contribution in [0.2, 0.25) is 0 Å². The van der Waals surface area contributed by atoms with Crippen molar-refractivity contribution in [1.82, 2.24) is 40.0 Å². The van der Waals surface area contributed by atoms with Crippen LogP contribution in [0.4, 0.5) is 8.78 Å². The summed E-state index contributed by atoms with van der Waals surface area (Å²) < 4.78 is 31.4. The van der Waals surface area contributed by atoms with Crippen molar-refractivity contribution in [2.24, 2.45) is 17.3 Å². The minimum atomic E-state index is -0.726. The molecule has 71 heavy (non-hydrogen) atoms. The fourth-order valence-electron chi connectivity index (χ4n) is 12.2. The van der Waals surface area contributed by atoms with Gasteiger partial charge in [-0.2, -0.15) is 5.10 Å². The Morgan fingerprint density at radius 1 is 0.690 bits per heavy atom. The molecule has 0 radical (unpaired) electrons. The maximum atomic E-state index is 16.3. The van der Waals surface area contributed by atoms with Crippen LogP contribution in [-0.2, 0) is 20.8 Å². The lowest BCUT2D eigenvalue weighted by molar-refractivity contribution is -0.139. The number of aromatic nitrogens is 2. The molecule has 3 aromatic carbocycles. The molecule has 2 saturated carbocycles. The van der Waals surface area contributed by atoms with Gasteiger partial charge in [0.2, 0.25) is 17.7 Å². The van der Waals surface area contributed by atoms with E-state index in [1.165, 1.54) is 12.1 Å². The van der Waals surface area contributed by atoms with Crippen LogP contribution in [0.15, 0.2) is 65.5 Å². The molecule has 1 atom stereocenters. The van der Waals surface area contributed by atoms with E-state index in [1.54, 1.807) is 46.2 Å². The summed E-state index contributed by atoms with van der Waals surface area (Å²) in [6, 6.07) is 15.9. The molecule has 5 heterocycles. The Labute approximate surface area is 413 Å². The monoisotopic (exact) mass is 973 g/mol. The predicted octanol–water partition coefficient (Wildman–Crippen LogP) is 6.28. The number of likely N-dealkylation sites (tertiary alicyclic amines) is 3. The summed E-state index contributed by atoms with van der Waals surface area (Å²) >= 11 is 0. The van der Waals surface area contributed by atoms with E-state index >= 15 is 8.78 Å². The van der Waals surface area contributed by atoms with Gasteiger partial charge in [0.05, 0.1) is 28.8 Å². The Bertz CT molecular complexity index is 2700. The summed E-state index contributed by atoms with van der Waals surface area (Å²) in [5.41, 5.74) is 1.51. The van der Waals surface area contributed by atoms with Crippen LogP contribution < -0.4 is 10.9 Å². The van der Waals surface area contributed by atoms with Gasteiger partial charge in [0, 0.05) is 70.1 Å². The van der Waals surface area contributed by atoms with Crippen molar-refractivity contribution >= 4 is 40.3 Å². The SMILES string of the molecule is O=C(N[C@@H](C(=O)N1CCC2(CCN(CC(=O)N3CCN(C(=O)c4cc(Cc5n[nH]c(=O)c6ccccc56)ccc4F)CC3)CC2)CC1)C1CCCCC1)c1cccc(C2CCN(C(=O)C3CC3)CC2)c1F. The maximum Gasteiger partial charge on any atom is 0.272 e. The van der Waals surface area contributed by atoms with Gasteiger partial charge in [-0.1, -0.05) is 55.7 Å². The van der Waals surface area contributed by atoms with Crippen molar-refractivity contribution in [3.8, 4) is 0 Å². The Kier molecular flexibility index (Phi) is 14.4. The molecule has 14 nitrogen and oxygen atoms in total. The molecule has 6 aliphatic rings. The molecule has 1 aromatic heterocycles. The molecule has 6 fully saturated rings. The third kappa shape index (κ3) is 10.6. The van der Waals surface area contributed by atoms with Crippen LogP contribution in [0.5, 0.6) is 0 Å². The van der Waals surface area contributed by atoms with Gasteiger partial charge in [0.25, 0.3) is 17.4 Å². The summed E-state index contributed by atoms with van der Waals surface area (Å²) in [5.74, 6) is -1.93. The zero-order chi connectivity index (χ0) is 49.2. The highest BCUT2D eigenvalue weighted by atomic mass is 19.1. The molecule has 4 aromatic rings. The number of carbonyl (C=O) groups is 5. The van der Waals surface area contributed by atoms with Crippen LogP contribution in [0.1, 0.15) is 127 Å². The van der Waals surface area contributed by atoms with Gasteiger partial charge in [-0.15, -0.1) is 0 Å². The molecular formula is C55H66F2N8O6. The number of carbonyl (C=O) groups excluding carboxylic acids is 5. The van der Waals surface area contributed by atoms with Gasteiger partial charge in [-0.3, -0.25) is 33.7 Å². The fraction of sp³-hybridized carbons (Fsp3) is 0.545. The lowest BCUT2D eigenvalue weighted by atomic mass is 9.71. The van der Waals surface area contributed by atoms with Crippen LogP contribution in [0.3, 0.4) is 0 Å². The Balaban J connectivity index is 0.690. The Morgan fingerprint density at radius 2 is 1.37 bits per heavy atom. The first-order valence-electron chi connectivity index (χ1n) is 26.1. The van der Waals surface area contributed by atoms with Gasteiger partial charge in [0.15, 0.2) is 0 Å². The molecule has 0 unspecified atom stereocenters. The molecule has 4 aliphatic heterocycles. The molecule has 4 saturated heterocycles. The average Bonchev–Trinajstić information content (AvgIpc) is 4.26. The van der Waals surface area contributed by atoms with Gasteiger partial charge in [-0.25, -0.2) is 13.9 Å². The van der Waals surface area contributed by atoms with E-state index in [2.05, 4.69) is 20.4 Å². The molecule has 2 N–H and O–H groups in total. The van der Waals surface area contributed by atoms with E-state index in [9.17, 15) is 28.8 Å². The van der Waals surface area contributed by atoms with E-state index in [4.69, 9.17) is 0 Å². The number of amides is 5. The highest BCUT2D eigenvalue weighted by Gasteiger charge is 2.42. The Morgan fingerprint density at radius 3 is 2.07 bits per heavy atom. The second-order valence-corrected chi connectivity index (χ2v) is 21.2. The van der Waals surface area contributed by atoms with Gasteiger partial charge in [0.1, 0.15) is 17.7 Å². The van der Waals surface area contributed by atoms with Crippen LogP contribution >= 0.6 is 0 Å². The first-order chi connectivity index (χ1) is 34.4. The lowest BCUT2D eigenvalue weighted by Gasteiger charge is -2.47. The number of piperidine rings is 3. The first kappa shape index (κ1) is 48.6. The third-order valence-electron chi connectivity index (χ3n) is 16.9. The zero-order valence-electron chi connectivity index (χ0n) is 40.6.